The number of carbonyl (C=O) groups is 1. The molecule has 1 saturated heterocycles. The molecule has 1 N–H and O–H groups in total. The van der Waals surface area contributed by atoms with Crippen molar-refractivity contribution in [3.05, 3.63) is 22.8 Å². The first-order valence-corrected chi connectivity index (χ1v) is 7.82. The molecule has 5 nitrogen and oxygen atoms in total. The zero-order valence-corrected chi connectivity index (χ0v) is 14.3. The number of ether oxygens (including phenoxy) is 1. The highest BCUT2D eigenvalue weighted by Crippen LogP contribution is 2.37. The van der Waals surface area contributed by atoms with Crippen molar-refractivity contribution >= 4 is 23.5 Å². The summed E-state index contributed by atoms with van der Waals surface area (Å²) in [5.74, 6) is -0.219. The SMILES string of the molecule is CC(C)(C)OC(=O)NC1CCN(c2nc(Cl)ccc2C(F)(F)F)C1. The molecule has 1 unspecified atom stereocenters. The Morgan fingerprint density at radius 2 is 2.04 bits per heavy atom. The molecule has 1 atom stereocenters. The average Bonchev–Trinajstić information content (AvgIpc) is 2.83. The zero-order chi connectivity index (χ0) is 18.1. The lowest BCUT2D eigenvalue weighted by atomic mass is 10.2. The molecule has 1 amide bonds. The summed E-state index contributed by atoms with van der Waals surface area (Å²) in [5, 5.41) is 2.65. The second-order valence-corrected chi connectivity index (χ2v) is 6.97. The van der Waals surface area contributed by atoms with Crippen molar-refractivity contribution in [3.63, 3.8) is 0 Å². The van der Waals surface area contributed by atoms with E-state index in [4.69, 9.17) is 16.3 Å². The summed E-state index contributed by atoms with van der Waals surface area (Å²) in [6.07, 6.45) is -4.63. The zero-order valence-electron chi connectivity index (χ0n) is 13.6. The van der Waals surface area contributed by atoms with Crippen LogP contribution in [-0.2, 0) is 10.9 Å². The Morgan fingerprint density at radius 3 is 2.62 bits per heavy atom. The fourth-order valence-electron chi connectivity index (χ4n) is 2.43. The van der Waals surface area contributed by atoms with E-state index in [0.29, 0.717) is 13.0 Å². The van der Waals surface area contributed by atoms with Crippen LogP contribution in [0.4, 0.5) is 23.8 Å². The highest BCUT2D eigenvalue weighted by atomic mass is 35.5. The maximum absolute atomic E-state index is 13.1. The van der Waals surface area contributed by atoms with Gasteiger partial charge in [-0.15, -0.1) is 0 Å². The van der Waals surface area contributed by atoms with Gasteiger partial charge in [0.1, 0.15) is 16.6 Å². The van der Waals surface area contributed by atoms with Gasteiger partial charge in [-0.05, 0) is 39.3 Å². The highest BCUT2D eigenvalue weighted by Gasteiger charge is 2.38. The van der Waals surface area contributed by atoms with Crippen LogP contribution in [0.3, 0.4) is 0 Å². The number of alkyl halides is 3. The smallest absolute Gasteiger partial charge is 0.419 e. The molecule has 1 aromatic rings. The van der Waals surface area contributed by atoms with Crippen molar-refractivity contribution < 1.29 is 22.7 Å². The van der Waals surface area contributed by atoms with Crippen molar-refractivity contribution in [2.45, 2.75) is 45.0 Å². The summed E-state index contributed by atoms with van der Waals surface area (Å²) in [5.41, 5.74) is -1.48. The molecule has 2 rings (SSSR count). The third-order valence-corrected chi connectivity index (χ3v) is 3.57. The summed E-state index contributed by atoms with van der Waals surface area (Å²) in [6, 6.07) is 1.71. The van der Waals surface area contributed by atoms with Gasteiger partial charge >= 0.3 is 12.3 Å². The molecule has 9 heteroatoms. The number of hydrogen-bond acceptors (Lipinski definition) is 4. The van der Waals surface area contributed by atoms with Gasteiger partial charge in [-0.2, -0.15) is 13.2 Å². The van der Waals surface area contributed by atoms with Crippen molar-refractivity contribution in [1.29, 1.82) is 0 Å². The molecule has 0 spiro atoms. The second-order valence-electron chi connectivity index (χ2n) is 6.58. The number of carbonyl (C=O) groups excluding carboxylic acids is 1. The van der Waals surface area contributed by atoms with Crippen LogP contribution in [0, 0.1) is 0 Å². The van der Waals surface area contributed by atoms with E-state index in [1.807, 2.05) is 0 Å². The summed E-state index contributed by atoms with van der Waals surface area (Å²) in [4.78, 5) is 17.1. The number of amides is 1. The number of anilines is 1. The van der Waals surface area contributed by atoms with Crippen LogP contribution in [-0.4, -0.2) is 35.8 Å². The first-order valence-electron chi connectivity index (χ1n) is 7.44. The third-order valence-electron chi connectivity index (χ3n) is 3.36. The van der Waals surface area contributed by atoms with Crippen LogP contribution >= 0.6 is 11.6 Å². The molecule has 1 aliphatic rings. The fourth-order valence-corrected chi connectivity index (χ4v) is 2.58. The summed E-state index contributed by atoms with van der Waals surface area (Å²) < 4.78 is 44.5. The quantitative estimate of drug-likeness (QED) is 0.809. The van der Waals surface area contributed by atoms with E-state index in [-0.39, 0.29) is 23.6 Å². The molecular formula is C15H19ClF3N3O2. The van der Waals surface area contributed by atoms with Gasteiger partial charge in [0.05, 0.1) is 11.6 Å². The molecule has 0 radical (unpaired) electrons. The van der Waals surface area contributed by atoms with Crippen molar-refractivity contribution in [1.82, 2.24) is 10.3 Å². The predicted octanol–water partition coefficient (Wildman–Crippen LogP) is 3.86. The molecule has 2 heterocycles. The monoisotopic (exact) mass is 365 g/mol. The largest absolute Gasteiger partial charge is 0.444 e. The van der Waals surface area contributed by atoms with Crippen molar-refractivity contribution in [2.24, 2.45) is 0 Å². The van der Waals surface area contributed by atoms with Gasteiger partial charge in [-0.25, -0.2) is 9.78 Å². The fraction of sp³-hybridized carbons (Fsp3) is 0.600. The topological polar surface area (TPSA) is 54.5 Å². The Kier molecular flexibility index (Phi) is 5.17. The Hall–Kier alpha value is -1.70. The number of alkyl carbamates (subject to hydrolysis) is 1. The minimum atomic E-state index is -4.52. The minimum absolute atomic E-state index is 0.0125. The van der Waals surface area contributed by atoms with Crippen molar-refractivity contribution in [2.75, 3.05) is 18.0 Å². The lowest BCUT2D eigenvalue weighted by Crippen LogP contribution is -2.40. The van der Waals surface area contributed by atoms with Crippen molar-refractivity contribution in [3.8, 4) is 0 Å². The Balaban J connectivity index is 2.09. The predicted molar refractivity (Wildman–Crippen MR) is 84.2 cm³/mol. The van der Waals surface area contributed by atoms with Gasteiger partial charge in [-0.1, -0.05) is 11.6 Å². The molecule has 134 valence electrons. The van der Waals surface area contributed by atoms with Crippen LogP contribution in [0.25, 0.3) is 0 Å². The average molecular weight is 366 g/mol. The number of aromatic nitrogens is 1. The summed E-state index contributed by atoms with van der Waals surface area (Å²) >= 11 is 5.74. The Morgan fingerprint density at radius 1 is 1.38 bits per heavy atom. The lowest BCUT2D eigenvalue weighted by Gasteiger charge is -2.23. The number of hydrogen-bond donors (Lipinski definition) is 1. The Bertz CT molecular complexity index is 617. The maximum Gasteiger partial charge on any atom is 0.419 e. The van der Waals surface area contributed by atoms with Gasteiger partial charge in [0, 0.05) is 13.1 Å². The van der Waals surface area contributed by atoms with Gasteiger partial charge in [0.15, 0.2) is 0 Å². The van der Waals surface area contributed by atoms with Crippen LogP contribution in [0.2, 0.25) is 5.15 Å². The molecule has 0 saturated carbocycles. The van der Waals surface area contributed by atoms with Crippen LogP contribution in [0.15, 0.2) is 12.1 Å². The Labute approximate surface area is 143 Å². The lowest BCUT2D eigenvalue weighted by molar-refractivity contribution is -0.137. The molecular weight excluding hydrogens is 347 g/mol. The number of pyridine rings is 1. The van der Waals surface area contributed by atoms with Gasteiger partial charge < -0.3 is 15.0 Å². The van der Waals surface area contributed by atoms with Crippen LogP contribution in [0.1, 0.15) is 32.8 Å². The number of rotatable bonds is 2. The normalized spacial score (nSPS) is 18.6. The summed E-state index contributed by atoms with van der Waals surface area (Å²) in [7, 11) is 0. The molecule has 0 aliphatic carbocycles. The first kappa shape index (κ1) is 18.6. The molecule has 0 aromatic carbocycles. The second kappa shape index (κ2) is 6.66. The highest BCUT2D eigenvalue weighted by molar-refractivity contribution is 6.29. The third kappa shape index (κ3) is 4.90. The first-order chi connectivity index (χ1) is 11.0. The van der Waals surface area contributed by atoms with E-state index in [2.05, 4.69) is 10.3 Å². The minimum Gasteiger partial charge on any atom is -0.444 e. The number of nitrogens with one attached hydrogen (secondary N) is 1. The van der Waals surface area contributed by atoms with E-state index in [1.165, 1.54) is 4.90 Å². The van der Waals surface area contributed by atoms with E-state index >= 15 is 0 Å². The molecule has 1 aromatic heterocycles. The summed E-state index contributed by atoms with van der Waals surface area (Å²) in [6.45, 7) is 5.74. The van der Waals surface area contributed by atoms with Gasteiger partial charge in [0.25, 0.3) is 0 Å². The molecule has 1 aliphatic heterocycles. The van der Waals surface area contributed by atoms with Crippen LogP contribution < -0.4 is 10.2 Å². The molecule has 24 heavy (non-hydrogen) atoms. The standard InChI is InChI=1S/C15H19ClF3N3O2/c1-14(2,3)24-13(23)20-9-6-7-22(8-9)12-10(15(17,18)19)4-5-11(16)21-12/h4-5,9H,6-8H2,1-3H3,(H,20,23). The van der Waals surface area contributed by atoms with E-state index in [9.17, 15) is 18.0 Å². The number of halogens is 4. The van der Waals surface area contributed by atoms with E-state index in [1.54, 1.807) is 20.8 Å². The van der Waals surface area contributed by atoms with Crippen LogP contribution in [0.5, 0.6) is 0 Å². The van der Waals surface area contributed by atoms with E-state index in [0.717, 1.165) is 12.1 Å². The number of nitrogens with zero attached hydrogens (tertiary/aromatic N) is 2. The van der Waals surface area contributed by atoms with Gasteiger partial charge in [-0.3, -0.25) is 0 Å². The maximum atomic E-state index is 13.1. The molecule has 1 fully saturated rings. The van der Waals surface area contributed by atoms with Gasteiger partial charge in [0.2, 0.25) is 0 Å². The van der Waals surface area contributed by atoms with E-state index < -0.39 is 23.4 Å². The molecule has 0 bridgehead atoms.